The molecule has 0 radical (unpaired) electrons. The molecule has 30 heavy (non-hydrogen) atoms. The van der Waals surface area contributed by atoms with Crippen molar-refractivity contribution in [3.05, 3.63) is 54.1 Å². The van der Waals surface area contributed by atoms with Crippen LogP contribution in [0.3, 0.4) is 0 Å². The largest absolute Gasteiger partial charge is 0.493 e. The number of methoxy groups -OCH3 is 1. The first-order valence-corrected chi connectivity index (χ1v) is 9.69. The van der Waals surface area contributed by atoms with Gasteiger partial charge in [0, 0.05) is 0 Å². The number of amides is 2. The molecule has 0 unspecified atom stereocenters. The number of carbonyl (C=O) groups is 2. The van der Waals surface area contributed by atoms with Gasteiger partial charge in [0.25, 0.3) is 11.8 Å². The molecule has 0 saturated heterocycles. The van der Waals surface area contributed by atoms with Crippen LogP contribution in [0.15, 0.2) is 48.5 Å². The average molecular weight is 432 g/mol. The number of thiocarbonyl (C=S) groups is 1. The van der Waals surface area contributed by atoms with E-state index in [9.17, 15) is 9.59 Å². The second kappa shape index (κ2) is 11.6. The van der Waals surface area contributed by atoms with Crippen LogP contribution in [-0.4, -0.2) is 37.3 Å². The van der Waals surface area contributed by atoms with Crippen molar-refractivity contribution in [2.45, 2.75) is 13.8 Å². The predicted molar refractivity (Wildman–Crippen MR) is 117 cm³/mol. The second-order valence-electron chi connectivity index (χ2n) is 6.60. The number of nitrogens with one attached hydrogen (secondary N) is 3. The molecule has 9 heteroatoms. The molecule has 0 aromatic heterocycles. The van der Waals surface area contributed by atoms with Crippen LogP contribution >= 0.6 is 12.2 Å². The summed E-state index contributed by atoms with van der Waals surface area (Å²) in [6.07, 6.45) is 0. The Bertz CT molecular complexity index is 888. The van der Waals surface area contributed by atoms with Gasteiger partial charge in [0.1, 0.15) is 5.75 Å². The molecule has 160 valence electrons. The maximum atomic E-state index is 12.5. The lowest BCUT2D eigenvalue weighted by Gasteiger charge is -2.14. The molecule has 0 heterocycles. The minimum Gasteiger partial charge on any atom is -0.493 e. The summed E-state index contributed by atoms with van der Waals surface area (Å²) in [5, 5.41) is 2.43. The van der Waals surface area contributed by atoms with Gasteiger partial charge in [-0.1, -0.05) is 38.1 Å². The Morgan fingerprint density at radius 3 is 2.23 bits per heavy atom. The van der Waals surface area contributed by atoms with E-state index >= 15 is 0 Å². The van der Waals surface area contributed by atoms with Gasteiger partial charge in [-0.3, -0.25) is 25.8 Å². The van der Waals surface area contributed by atoms with Gasteiger partial charge in [-0.25, -0.2) is 0 Å². The third kappa shape index (κ3) is 7.25. The number of ether oxygens (including phenoxy) is 3. The second-order valence-corrected chi connectivity index (χ2v) is 7.01. The summed E-state index contributed by atoms with van der Waals surface area (Å²) in [4.78, 5) is 24.4. The van der Waals surface area contributed by atoms with Crippen LogP contribution in [0.5, 0.6) is 17.2 Å². The van der Waals surface area contributed by atoms with Crippen LogP contribution in [0.1, 0.15) is 24.2 Å². The molecule has 2 rings (SSSR count). The Hall–Kier alpha value is -3.33. The number of para-hydroxylation sites is 3. The lowest BCUT2D eigenvalue weighted by atomic mass is 10.2. The minimum absolute atomic E-state index is 0.0655. The Morgan fingerprint density at radius 2 is 1.57 bits per heavy atom. The van der Waals surface area contributed by atoms with Crippen LogP contribution < -0.4 is 30.4 Å². The fourth-order valence-corrected chi connectivity index (χ4v) is 2.43. The van der Waals surface area contributed by atoms with Crippen molar-refractivity contribution in [2.75, 3.05) is 20.3 Å². The van der Waals surface area contributed by atoms with Gasteiger partial charge in [-0.05, 0) is 42.4 Å². The summed E-state index contributed by atoms with van der Waals surface area (Å²) in [6, 6.07) is 13.8. The highest BCUT2D eigenvalue weighted by Gasteiger charge is 2.14. The van der Waals surface area contributed by atoms with Gasteiger partial charge >= 0.3 is 0 Å². The molecule has 0 aliphatic heterocycles. The molecule has 2 aromatic rings. The summed E-state index contributed by atoms with van der Waals surface area (Å²) >= 11 is 5.06. The number of hydrogen-bond acceptors (Lipinski definition) is 6. The molecule has 0 atom stereocenters. The Morgan fingerprint density at radius 1 is 0.933 bits per heavy atom. The molecular formula is C21H25N3O5S. The fourth-order valence-electron chi connectivity index (χ4n) is 2.28. The monoisotopic (exact) mass is 431 g/mol. The van der Waals surface area contributed by atoms with Gasteiger partial charge in [0.05, 0.1) is 19.3 Å². The summed E-state index contributed by atoms with van der Waals surface area (Å²) < 4.78 is 16.2. The van der Waals surface area contributed by atoms with Crippen molar-refractivity contribution in [3.8, 4) is 17.2 Å². The SMILES string of the molecule is COc1ccccc1OCC(=O)NNC(=S)NC(=O)c1ccccc1OCC(C)C. The smallest absolute Gasteiger partial charge is 0.276 e. The van der Waals surface area contributed by atoms with E-state index in [0.717, 1.165) is 0 Å². The van der Waals surface area contributed by atoms with E-state index in [1.54, 1.807) is 48.5 Å². The summed E-state index contributed by atoms with van der Waals surface area (Å²) in [7, 11) is 1.51. The van der Waals surface area contributed by atoms with Gasteiger partial charge in [0.2, 0.25) is 0 Å². The molecule has 0 fully saturated rings. The summed E-state index contributed by atoms with van der Waals surface area (Å²) in [5.74, 6) is 0.783. The predicted octanol–water partition coefficient (Wildman–Crippen LogP) is 2.44. The Labute approximate surface area is 180 Å². The van der Waals surface area contributed by atoms with Crippen molar-refractivity contribution < 1.29 is 23.8 Å². The van der Waals surface area contributed by atoms with E-state index < -0.39 is 11.8 Å². The average Bonchev–Trinajstić information content (AvgIpc) is 2.75. The Balaban J connectivity index is 1.81. The lowest BCUT2D eigenvalue weighted by molar-refractivity contribution is -0.123. The Kier molecular flexibility index (Phi) is 8.89. The van der Waals surface area contributed by atoms with E-state index in [0.29, 0.717) is 35.3 Å². The van der Waals surface area contributed by atoms with E-state index in [1.807, 2.05) is 13.8 Å². The lowest BCUT2D eigenvalue weighted by Crippen LogP contribution is -2.49. The van der Waals surface area contributed by atoms with Gasteiger partial charge in [-0.15, -0.1) is 0 Å². The van der Waals surface area contributed by atoms with Crippen LogP contribution in [0.4, 0.5) is 0 Å². The van der Waals surface area contributed by atoms with Crippen molar-refractivity contribution in [1.82, 2.24) is 16.2 Å². The quantitative estimate of drug-likeness (QED) is 0.436. The summed E-state index contributed by atoms with van der Waals surface area (Å²) in [5.41, 5.74) is 5.17. The maximum absolute atomic E-state index is 12.5. The molecule has 2 aromatic carbocycles. The van der Waals surface area contributed by atoms with Gasteiger partial charge in [-0.2, -0.15) is 0 Å². The molecule has 0 bridgehead atoms. The van der Waals surface area contributed by atoms with Crippen molar-refractivity contribution in [1.29, 1.82) is 0 Å². The molecule has 0 aliphatic carbocycles. The number of hydrogen-bond donors (Lipinski definition) is 3. The number of hydrazine groups is 1. The van der Waals surface area contributed by atoms with E-state index in [4.69, 9.17) is 26.4 Å². The first-order chi connectivity index (χ1) is 14.4. The van der Waals surface area contributed by atoms with E-state index in [-0.39, 0.29) is 11.7 Å². The molecule has 0 saturated carbocycles. The molecular weight excluding hydrogens is 406 g/mol. The van der Waals surface area contributed by atoms with Crippen molar-refractivity contribution >= 4 is 29.1 Å². The first kappa shape index (κ1) is 23.0. The number of carbonyl (C=O) groups excluding carboxylic acids is 2. The highest BCUT2D eigenvalue weighted by molar-refractivity contribution is 7.80. The van der Waals surface area contributed by atoms with Gasteiger partial charge in [0.15, 0.2) is 23.2 Å². The van der Waals surface area contributed by atoms with Crippen LogP contribution in [0, 0.1) is 5.92 Å². The molecule has 2 amide bonds. The van der Waals surface area contributed by atoms with E-state index in [2.05, 4.69) is 16.2 Å². The molecule has 0 aliphatic rings. The molecule has 8 nitrogen and oxygen atoms in total. The highest BCUT2D eigenvalue weighted by atomic mass is 32.1. The summed E-state index contributed by atoms with van der Waals surface area (Å²) in [6.45, 7) is 4.25. The number of rotatable bonds is 8. The van der Waals surface area contributed by atoms with Crippen molar-refractivity contribution in [2.24, 2.45) is 5.92 Å². The van der Waals surface area contributed by atoms with Gasteiger partial charge < -0.3 is 14.2 Å². The highest BCUT2D eigenvalue weighted by Crippen LogP contribution is 2.25. The zero-order valence-corrected chi connectivity index (χ0v) is 17.9. The third-order valence-corrected chi connectivity index (χ3v) is 3.88. The van der Waals surface area contributed by atoms with Crippen LogP contribution in [0.2, 0.25) is 0 Å². The maximum Gasteiger partial charge on any atom is 0.276 e. The van der Waals surface area contributed by atoms with Crippen LogP contribution in [-0.2, 0) is 4.79 Å². The first-order valence-electron chi connectivity index (χ1n) is 9.28. The molecule has 0 spiro atoms. The van der Waals surface area contributed by atoms with Crippen LogP contribution in [0.25, 0.3) is 0 Å². The third-order valence-electron chi connectivity index (χ3n) is 3.67. The van der Waals surface area contributed by atoms with Crippen molar-refractivity contribution in [3.63, 3.8) is 0 Å². The van der Waals surface area contributed by atoms with E-state index in [1.165, 1.54) is 7.11 Å². The standard InChI is InChI=1S/C21H25N3O5S/c1-14(2)12-28-16-9-5-4-8-15(16)20(26)22-21(30)24-23-19(25)13-29-18-11-7-6-10-17(18)27-3/h4-11,14H,12-13H2,1-3H3,(H,23,25)(H2,22,24,26,30). The zero-order chi connectivity index (χ0) is 21.9. The zero-order valence-electron chi connectivity index (χ0n) is 17.1. The fraction of sp³-hybridized carbons (Fsp3) is 0.286. The normalized spacial score (nSPS) is 10.1. The molecule has 3 N–H and O–H groups in total. The number of benzene rings is 2. The minimum atomic E-state index is -0.488. The topological polar surface area (TPSA) is 97.9 Å².